The van der Waals surface area contributed by atoms with Gasteiger partial charge in [0.2, 0.25) is 0 Å². The average Bonchev–Trinajstić information content (AvgIpc) is 2.77. The Balaban J connectivity index is 1.75. The van der Waals surface area contributed by atoms with Gasteiger partial charge in [-0.15, -0.1) is 0 Å². The van der Waals surface area contributed by atoms with Gasteiger partial charge in [-0.3, -0.25) is 0 Å². The SMILES string of the molecule is CN1CCC2CCC3(CCCO3)CC21. The van der Waals surface area contributed by atoms with Gasteiger partial charge in [0.1, 0.15) is 0 Å². The zero-order valence-corrected chi connectivity index (χ0v) is 9.17. The van der Waals surface area contributed by atoms with E-state index < -0.39 is 0 Å². The molecule has 2 nitrogen and oxygen atoms in total. The first-order valence-corrected chi connectivity index (χ1v) is 6.13. The zero-order valence-electron chi connectivity index (χ0n) is 9.17. The molecule has 0 aromatic heterocycles. The minimum Gasteiger partial charge on any atom is -0.375 e. The molecule has 1 spiro atoms. The molecule has 2 saturated heterocycles. The third-order valence-corrected chi connectivity index (χ3v) is 4.70. The topological polar surface area (TPSA) is 12.5 Å². The highest BCUT2D eigenvalue weighted by atomic mass is 16.5. The minimum absolute atomic E-state index is 0.305. The van der Waals surface area contributed by atoms with Crippen LogP contribution >= 0.6 is 0 Å². The van der Waals surface area contributed by atoms with Crippen LogP contribution < -0.4 is 0 Å². The molecule has 1 saturated carbocycles. The van der Waals surface area contributed by atoms with Gasteiger partial charge in [0.25, 0.3) is 0 Å². The first-order valence-electron chi connectivity index (χ1n) is 6.13. The predicted molar refractivity (Wildman–Crippen MR) is 56.3 cm³/mol. The van der Waals surface area contributed by atoms with Crippen molar-refractivity contribution in [1.82, 2.24) is 4.90 Å². The molecule has 3 atom stereocenters. The number of nitrogens with zero attached hydrogens (tertiary/aromatic N) is 1. The van der Waals surface area contributed by atoms with Crippen LogP contribution in [0.4, 0.5) is 0 Å². The molecule has 0 amide bonds. The second-order valence-corrected chi connectivity index (χ2v) is 5.47. The standard InChI is InChI=1S/C12H21NO/c1-13-7-4-10-3-6-12(9-11(10)13)5-2-8-14-12/h10-11H,2-9H2,1H3. The van der Waals surface area contributed by atoms with Crippen LogP contribution in [-0.2, 0) is 4.74 Å². The van der Waals surface area contributed by atoms with Gasteiger partial charge < -0.3 is 9.64 Å². The van der Waals surface area contributed by atoms with Crippen LogP contribution in [0.15, 0.2) is 0 Å². The highest BCUT2D eigenvalue weighted by Gasteiger charge is 2.46. The Morgan fingerprint density at radius 1 is 1.29 bits per heavy atom. The van der Waals surface area contributed by atoms with Gasteiger partial charge >= 0.3 is 0 Å². The fourth-order valence-electron chi connectivity index (χ4n) is 3.79. The van der Waals surface area contributed by atoms with Gasteiger partial charge in [0.05, 0.1) is 5.60 Å². The maximum absolute atomic E-state index is 6.01. The van der Waals surface area contributed by atoms with Crippen molar-refractivity contribution < 1.29 is 4.74 Å². The van der Waals surface area contributed by atoms with E-state index in [9.17, 15) is 0 Å². The van der Waals surface area contributed by atoms with E-state index in [2.05, 4.69) is 11.9 Å². The molecule has 80 valence electrons. The van der Waals surface area contributed by atoms with Crippen molar-refractivity contribution in [3.05, 3.63) is 0 Å². The third-order valence-electron chi connectivity index (χ3n) is 4.70. The minimum atomic E-state index is 0.305. The molecule has 2 aliphatic heterocycles. The van der Waals surface area contributed by atoms with Crippen molar-refractivity contribution in [1.29, 1.82) is 0 Å². The maximum atomic E-state index is 6.01. The molecule has 3 aliphatic rings. The van der Waals surface area contributed by atoms with Crippen LogP contribution in [0.3, 0.4) is 0 Å². The smallest absolute Gasteiger partial charge is 0.0698 e. The summed E-state index contributed by atoms with van der Waals surface area (Å²) in [5, 5.41) is 0. The first kappa shape index (κ1) is 9.17. The van der Waals surface area contributed by atoms with Crippen LogP contribution in [0.25, 0.3) is 0 Å². The number of ether oxygens (including phenoxy) is 1. The summed E-state index contributed by atoms with van der Waals surface area (Å²) >= 11 is 0. The first-order chi connectivity index (χ1) is 6.79. The molecule has 3 rings (SSSR count). The molecule has 0 bridgehead atoms. The second-order valence-electron chi connectivity index (χ2n) is 5.47. The molecular formula is C12H21NO. The fourth-order valence-corrected chi connectivity index (χ4v) is 3.79. The summed E-state index contributed by atoms with van der Waals surface area (Å²) in [6.07, 6.45) is 8.10. The lowest BCUT2D eigenvalue weighted by Gasteiger charge is -2.41. The molecule has 0 N–H and O–H groups in total. The molecule has 3 fully saturated rings. The van der Waals surface area contributed by atoms with Gasteiger partial charge in [0, 0.05) is 12.6 Å². The highest BCUT2D eigenvalue weighted by Crippen LogP contribution is 2.45. The Kier molecular flexibility index (Phi) is 2.10. The maximum Gasteiger partial charge on any atom is 0.0698 e. The summed E-state index contributed by atoms with van der Waals surface area (Å²) in [4.78, 5) is 2.56. The van der Waals surface area contributed by atoms with Crippen molar-refractivity contribution >= 4 is 0 Å². The van der Waals surface area contributed by atoms with Gasteiger partial charge in [-0.05, 0) is 58.0 Å². The van der Waals surface area contributed by atoms with Gasteiger partial charge in [-0.25, -0.2) is 0 Å². The summed E-state index contributed by atoms with van der Waals surface area (Å²) in [5.41, 5.74) is 0.305. The lowest BCUT2D eigenvalue weighted by Crippen LogP contribution is -2.44. The zero-order chi connectivity index (χ0) is 9.60. The normalized spacial score (nSPS) is 48.6. The monoisotopic (exact) mass is 195 g/mol. The second kappa shape index (κ2) is 3.21. The number of likely N-dealkylation sites (tertiary alicyclic amines) is 1. The van der Waals surface area contributed by atoms with E-state index in [1.54, 1.807) is 0 Å². The van der Waals surface area contributed by atoms with Gasteiger partial charge in [-0.1, -0.05) is 0 Å². The van der Waals surface area contributed by atoms with E-state index in [4.69, 9.17) is 4.74 Å². The molecule has 0 aromatic rings. The number of rotatable bonds is 0. The summed E-state index contributed by atoms with van der Waals surface area (Å²) in [6.45, 7) is 2.33. The Labute approximate surface area is 86.6 Å². The number of hydrogen-bond acceptors (Lipinski definition) is 2. The van der Waals surface area contributed by atoms with Gasteiger partial charge in [0.15, 0.2) is 0 Å². The molecule has 2 heterocycles. The summed E-state index contributed by atoms with van der Waals surface area (Å²) < 4.78 is 6.01. The van der Waals surface area contributed by atoms with Crippen molar-refractivity contribution in [2.75, 3.05) is 20.2 Å². The summed E-state index contributed by atoms with van der Waals surface area (Å²) in [5.74, 6) is 0.981. The summed E-state index contributed by atoms with van der Waals surface area (Å²) in [6, 6.07) is 0.835. The molecule has 0 radical (unpaired) electrons. The largest absolute Gasteiger partial charge is 0.375 e. The fraction of sp³-hybridized carbons (Fsp3) is 1.00. The van der Waals surface area contributed by atoms with E-state index in [1.165, 1.54) is 45.1 Å². The molecule has 0 aromatic carbocycles. The van der Waals surface area contributed by atoms with Crippen LogP contribution in [-0.4, -0.2) is 36.7 Å². The summed E-state index contributed by atoms with van der Waals surface area (Å²) in [7, 11) is 2.29. The van der Waals surface area contributed by atoms with E-state index in [-0.39, 0.29) is 0 Å². The Morgan fingerprint density at radius 3 is 3.00 bits per heavy atom. The lowest BCUT2D eigenvalue weighted by atomic mass is 9.74. The molecular weight excluding hydrogens is 174 g/mol. The van der Waals surface area contributed by atoms with Gasteiger partial charge in [-0.2, -0.15) is 0 Å². The van der Waals surface area contributed by atoms with Crippen molar-refractivity contribution in [2.45, 2.75) is 50.2 Å². The van der Waals surface area contributed by atoms with E-state index in [0.29, 0.717) is 5.60 Å². The highest BCUT2D eigenvalue weighted by molar-refractivity contribution is 5.00. The van der Waals surface area contributed by atoms with Crippen molar-refractivity contribution in [3.8, 4) is 0 Å². The number of hydrogen-bond donors (Lipinski definition) is 0. The molecule has 1 aliphatic carbocycles. The van der Waals surface area contributed by atoms with Crippen LogP contribution in [0, 0.1) is 5.92 Å². The third kappa shape index (κ3) is 1.31. The van der Waals surface area contributed by atoms with E-state index in [1.807, 2.05) is 0 Å². The number of fused-ring (bicyclic) bond motifs is 1. The van der Waals surface area contributed by atoms with Crippen LogP contribution in [0.5, 0.6) is 0 Å². The van der Waals surface area contributed by atoms with Crippen molar-refractivity contribution in [2.24, 2.45) is 5.92 Å². The Bertz CT molecular complexity index is 222. The van der Waals surface area contributed by atoms with E-state index in [0.717, 1.165) is 18.6 Å². The van der Waals surface area contributed by atoms with E-state index >= 15 is 0 Å². The molecule has 2 heteroatoms. The lowest BCUT2D eigenvalue weighted by molar-refractivity contribution is -0.0514. The Morgan fingerprint density at radius 2 is 2.21 bits per heavy atom. The van der Waals surface area contributed by atoms with Crippen molar-refractivity contribution in [3.63, 3.8) is 0 Å². The predicted octanol–water partition coefficient (Wildman–Crippen LogP) is 2.04. The van der Waals surface area contributed by atoms with Crippen LogP contribution in [0.2, 0.25) is 0 Å². The molecule has 14 heavy (non-hydrogen) atoms. The quantitative estimate of drug-likeness (QED) is 0.586. The van der Waals surface area contributed by atoms with Crippen LogP contribution in [0.1, 0.15) is 38.5 Å². The molecule has 3 unspecified atom stereocenters. The Hall–Kier alpha value is -0.0800. The average molecular weight is 195 g/mol.